The lowest BCUT2D eigenvalue weighted by Gasteiger charge is -2.36. The molecule has 162 valence electrons. The highest BCUT2D eigenvalue weighted by Gasteiger charge is 2.25. The molecule has 1 fully saturated rings. The lowest BCUT2D eigenvalue weighted by molar-refractivity contribution is -0.384. The van der Waals surface area contributed by atoms with Crippen molar-refractivity contribution in [1.29, 1.82) is 0 Å². The number of amides is 1. The van der Waals surface area contributed by atoms with E-state index >= 15 is 0 Å². The van der Waals surface area contributed by atoms with Gasteiger partial charge in [-0.15, -0.1) is 24.0 Å². The van der Waals surface area contributed by atoms with Gasteiger partial charge in [0.1, 0.15) is 5.69 Å². The fraction of sp³-hybridized carbons (Fsp3) is 0.368. The maximum atomic E-state index is 12.3. The van der Waals surface area contributed by atoms with Crippen molar-refractivity contribution in [3.8, 4) is 0 Å². The zero-order valence-corrected chi connectivity index (χ0v) is 18.9. The quantitative estimate of drug-likeness (QED) is 0.148. The Morgan fingerprint density at radius 1 is 1.13 bits per heavy atom. The summed E-state index contributed by atoms with van der Waals surface area (Å²) in [5.41, 5.74) is 0.536. The number of guanidine groups is 1. The average molecular weight is 528 g/mol. The zero-order chi connectivity index (χ0) is 20.6. The molecule has 3 rings (SSSR count). The average Bonchev–Trinajstić information content (AvgIpc) is 3.28. The predicted octanol–water partition coefficient (Wildman–Crippen LogP) is 2.25. The first-order chi connectivity index (χ1) is 14.1. The van der Waals surface area contributed by atoms with E-state index < -0.39 is 4.92 Å². The van der Waals surface area contributed by atoms with Crippen LogP contribution in [-0.4, -0.2) is 72.9 Å². The summed E-state index contributed by atoms with van der Waals surface area (Å²) in [5.74, 6) is 0.979. The van der Waals surface area contributed by atoms with Crippen molar-refractivity contribution in [2.75, 3.05) is 51.6 Å². The third kappa shape index (κ3) is 5.84. The van der Waals surface area contributed by atoms with Crippen molar-refractivity contribution in [2.24, 2.45) is 4.99 Å². The van der Waals surface area contributed by atoms with Gasteiger partial charge in [-0.3, -0.25) is 19.9 Å². The molecular formula is C19H25IN6O4. The summed E-state index contributed by atoms with van der Waals surface area (Å²) in [5, 5.41) is 17.4. The second kappa shape index (κ2) is 11.4. The minimum absolute atomic E-state index is 0. The number of halogens is 1. The second-order valence-electron chi connectivity index (χ2n) is 6.43. The SMILES string of the molecule is CN=C(NCCNc1ccccc1[N+](=O)[O-])N1CCN(C(=O)c2ccco2)CC1.I. The minimum Gasteiger partial charge on any atom is -0.459 e. The highest BCUT2D eigenvalue weighted by Crippen LogP contribution is 2.22. The Labute approximate surface area is 191 Å². The summed E-state index contributed by atoms with van der Waals surface area (Å²) in [6.45, 7) is 3.52. The van der Waals surface area contributed by atoms with Gasteiger partial charge in [-0.2, -0.15) is 0 Å². The van der Waals surface area contributed by atoms with Gasteiger partial charge in [0.15, 0.2) is 11.7 Å². The highest BCUT2D eigenvalue weighted by molar-refractivity contribution is 14.0. The van der Waals surface area contributed by atoms with Crippen LogP contribution in [0.25, 0.3) is 0 Å². The van der Waals surface area contributed by atoms with Crippen LogP contribution in [0.15, 0.2) is 52.1 Å². The number of carbonyl (C=O) groups is 1. The van der Waals surface area contributed by atoms with E-state index in [1.54, 1.807) is 42.3 Å². The standard InChI is InChI=1S/C19H24N6O4.HI/c1-20-19(22-9-8-21-15-5-2-3-6-16(15)25(27)28)24-12-10-23(11-13-24)18(26)17-7-4-14-29-17;/h2-7,14,21H,8-13H2,1H3,(H,20,22);1H. The molecule has 1 aliphatic rings. The van der Waals surface area contributed by atoms with E-state index in [4.69, 9.17) is 4.42 Å². The number of nitrogens with one attached hydrogen (secondary N) is 2. The van der Waals surface area contributed by atoms with Crippen LogP contribution in [0, 0.1) is 10.1 Å². The van der Waals surface area contributed by atoms with Crippen LogP contribution in [0.1, 0.15) is 10.6 Å². The summed E-state index contributed by atoms with van der Waals surface area (Å²) in [4.78, 5) is 31.1. The van der Waals surface area contributed by atoms with Gasteiger partial charge in [-0.25, -0.2) is 0 Å². The summed E-state index contributed by atoms with van der Waals surface area (Å²) in [6.07, 6.45) is 1.49. The van der Waals surface area contributed by atoms with Gasteiger partial charge in [-0.1, -0.05) is 12.1 Å². The molecule has 0 atom stereocenters. The van der Waals surface area contributed by atoms with Crippen molar-refractivity contribution in [3.05, 3.63) is 58.5 Å². The van der Waals surface area contributed by atoms with E-state index in [-0.39, 0.29) is 35.6 Å². The number of furan rings is 1. The molecule has 11 heteroatoms. The second-order valence-corrected chi connectivity index (χ2v) is 6.43. The molecule has 1 amide bonds. The van der Waals surface area contributed by atoms with Crippen LogP contribution < -0.4 is 10.6 Å². The first-order valence-electron chi connectivity index (χ1n) is 9.36. The molecule has 0 aliphatic carbocycles. The van der Waals surface area contributed by atoms with E-state index in [0.29, 0.717) is 50.7 Å². The van der Waals surface area contributed by atoms with Gasteiger partial charge in [0.25, 0.3) is 11.6 Å². The number of para-hydroxylation sites is 2. The summed E-state index contributed by atoms with van der Waals surface area (Å²) in [6, 6.07) is 9.91. The maximum absolute atomic E-state index is 12.3. The maximum Gasteiger partial charge on any atom is 0.292 e. The first kappa shape index (κ1) is 23.4. The first-order valence-corrected chi connectivity index (χ1v) is 9.36. The zero-order valence-electron chi connectivity index (χ0n) is 16.6. The number of nitrogens with zero attached hydrogens (tertiary/aromatic N) is 4. The monoisotopic (exact) mass is 528 g/mol. The number of benzene rings is 1. The molecule has 0 bridgehead atoms. The Morgan fingerprint density at radius 2 is 1.83 bits per heavy atom. The van der Waals surface area contributed by atoms with E-state index in [1.807, 2.05) is 0 Å². The third-order valence-electron chi connectivity index (χ3n) is 4.63. The van der Waals surface area contributed by atoms with Crippen molar-refractivity contribution in [2.45, 2.75) is 0 Å². The number of nitro groups is 1. The van der Waals surface area contributed by atoms with E-state index in [0.717, 1.165) is 5.96 Å². The van der Waals surface area contributed by atoms with Gasteiger partial charge in [0.2, 0.25) is 0 Å². The van der Waals surface area contributed by atoms with Crippen LogP contribution in [0.2, 0.25) is 0 Å². The van der Waals surface area contributed by atoms with Crippen molar-refractivity contribution in [1.82, 2.24) is 15.1 Å². The van der Waals surface area contributed by atoms with E-state index in [2.05, 4.69) is 20.5 Å². The molecule has 2 aromatic rings. The Hall–Kier alpha value is -2.83. The van der Waals surface area contributed by atoms with Gasteiger partial charge in [0.05, 0.1) is 11.2 Å². The van der Waals surface area contributed by atoms with Crippen LogP contribution >= 0.6 is 24.0 Å². The third-order valence-corrected chi connectivity index (χ3v) is 4.63. The minimum atomic E-state index is -0.405. The molecular weight excluding hydrogens is 503 g/mol. The molecule has 0 unspecified atom stereocenters. The lowest BCUT2D eigenvalue weighted by atomic mass is 10.2. The summed E-state index contributed by atoms with van der Waals surface area (Å²) >= 11 is 0. The van der Waals surface area contributed by atoms with Crippen molar-refractivity contribution in [3.63, 3.8) is 0 Å². The van der Waals surface area contributed by atoms with Crippen LogP contribution in [0.5, 0.6) is 0 Å². The molecule has 2 heterocycles. The van der Waals surface area contributed by atoms with Gasteiger partial charge in [0, 0.05) is 52.4 Å². The number of nitro benzene ring substituents is 1. The molecule has 10 nitrogen and oxygen atoms in total. The fourth-order valence-corrected chi connectivity index (χ4v) is 3.16. The van der Waals surface area contributed by atoms with Crippen molar-refractivity contribution < 1.29 is 14.1 Å². The van der Waals surface area contributed by atoms with Gasteiger partial charge >= 0.3 is 0 Å². The number of rotatable bonds is 6. The van der Waals surface area contributed by atoms with Crippen LogP contribution in [0.4, 0.5) is 11.4 Å². The summed E-state index contributed by atoms with van der Waals surface area (Å²) in [7, 11) is 1.71. The molecule has 1 aromatic carbocycles. The molecule has 1 aliphatic heterocycles. The van der Waals surface area contributed by atoms with Crippen molar-refractivity contribution >= 4 is 47.2 Å². The van der Waals surface area contributed by atoms with E-state index in [9.17, 15) is 14.9 Å². The van der Waals surface area contributed by atoms with E-state index in [1.165, 1.54) is 12.3 Å². The molecule has 0 radical (unpaired) electrons. The number of piperazine rings is 1. The number of hydrogen-bond acceptors (Lipinski definition) is 6. The number of aliphatic imine (C=N–C) groups is 1. The molecule has 1 saturated heterocycles. The Balaban J connectivity index is 0.00000320. The normalized spacial score (nSPS) is 14.1. The number of carbonyl (C=O) groups excluding carboxylic acids is 1. The lowest BCUT2D eigenvalue weighted by Crippen LogP contribution is -2.54. The Bertz CT molecular complexity index is 866. The topological polar surface area (TPSA) is 116 Å². The van der Waals surface area contributed by atoms with Crippen LogP contribution in [-0.2, 0) is 0 Å². The van der Waals surface area contributed by atoms with Gasteiger partial charge in [-0.05, 0) is 18.2 Å². The summed E-state index contributed by atoms with van der Waals surface area (Å²) < 4.78 is 5.18. The Morgan fingerprint density at radius 3 is 2.47 bits per heavy atom. The fourth-order valence-electron chi connectivity index (χ4n) is 3.16. The highest BCUT2D eigenvalue weighted by atomic mass is 127. The number of hydrogen-bond donors (Lipinski definition) is 2. The number of anilines is 1. The molecule has 30 heavy (non-hydrogen) atoms. The molecule has 0 spiro atoms. The predicted molar refractivity (Wildman–Crippen MR) is 125 cm³/mol. The smallest absolute Gasteiger partial charge is 0.292 e. The molecule has 1 aromatic heterocycles. The van der Waals surface area contributed by atoms with Gasteiger partial charge < -0.3 is 24.9 Å². The van der Waals surface area contributed by atoms with Crippen LogP contribution in [0.3, 0.4) is 0 Å². The Kier molecular flexibility index (Phi) is 8.89. The molecule has 2 N–H and O–H groups in total. The largest absolute Gasteiger partial charge is 0.459 e. The molecule has 0 saturated carbocycles.